The van der Waals surface area contributed by atoms with E-state index in [1.165, 1.54) is 10.6 Å². The molecule has 2 aromatic rings. The maximum absolute atomic E-state index is 12.4. The third kappa shape index (κ3) is 2.37. The van der Waals surface area contributed by atoms with Crippen LogP contribution in [0.15, 0.2) is 60.7 Å². The quantitative estimate of drug-likeness (QED) is 0.616. The van der Waals surface area contributed by atoms with Crippen molar-refractivity contribution in [3.05, 3.63) is 60.7 Å². The molecule has 0 bridgehead atoms. The van der Waals surface area contributed by atoms with Crippen molar-refractivity contribution in [2.24, 2.45) is 0 Å². The van der Waals surface area contributed by atoms with Gasteiger partial charge in [-0.3, -0.25) is 0 Å². The number of ketones is 1. The maximum atomic E-state index is 12.4. The van der Waals surface area contributed by atoms with Gasteiger partial charge in [0.2, 0.25) is 0 Å². The predicted octanol–water partition coefficient (Wildman–Crippen LogP) is 2.86. The van der Waals surface area contributed by atoms with Crippen molar-refractivity contribution in [2.75, 3.05) is 0 Å². The number of rotatable bonds is 3. The molecule has 2 aromatic carbocycles. The van der Waals surface area contributed by atoms with Crippen LogP contribution < -0.4 is 10.6 Å². The molecule has 0 aromatic heterocycles. The second-order valence-corrected chi connectivity index (χ2v) is 11.8. The fourth-order valence-corrected chi connectivity index (χ4v) is 9.25. The summed E-state index contributed by atoms with van der Waals surface area (Å²) in [6.07, 6.45) is 2.80. The number of benzene rings is 2. The molecule has 1 atom stereocenters. The van der Waals surface area contributed by atoms with Gasteiger partial charge < -0.3 is 0 Å². The molecule has 1 saturated carbocycles. The zero-order valence-electron chi connectivity index (χ0n) is 11.2. The Balaban J connectivity index is 2.18. The van der Waals surface area contributed by atoms with Gasteiger partial charge in [0.1, 0.15) is 0 Å². The Bertz CT molecular complexity index is 608. The summed E-state index contributed by atoms with van der Waals surface area (Å²) in [5.74, 6) is 0.435. The van der Waals surface area contributed by atoms with Crippen LogP contribution in [-0.2, 0) is 4.79 Å². The average Bonchev–Trinajstić information content (AvgIpc) is 2.95. The van der Waals surface area contributed by atoms with Gasteiger partial charge in [0.05, 0.1) is 0 Å². The SMILES string of the molecule is O=C1CCCC1P(=[Se])(c1ccccc1)c1ccccc1. The van der Waals surface area contributed by atoms with Crippen LogP contribution in [0.2, 0.25) is 0 Å². The first kappa shape index (κ1) is 14.0. The van der Waals surface area contributed by atoms with Gasteiger partial charge in [-0.1, -0.05) is 0 Å². The number of hydrogen-bond donors (Lipinski definition) is 0. The zero-order chi connectivity index (χ0) is 14.0. The fraction of sp³-hybridized carbons (Fsp3) is 0.235. The summed E-state index contributed by atoms with van der Waals surface area (Å²) in [6.45, 7) is 0. The number of carbonyl (C=O) groups is 1. The molecular formula is C17H17OPSe. The molecule has 0 heterocycles. The Morgan fingerprint density at radius 3 is 1.80 bits per heavy atom. The summed E-state index contributed by atoms with van der Waals surface area (Å²) in [5.41, 5.74) is -1.59. The van der Waals surface area contributed by atoms with E-state index in [1.807, 2.05) is 12.1 Å². The van der Waals surface area contributed by atoms with E-state index in [-0.39, 0.29) is 5.66 Å². The molecule has 1 aliphatic rings. The molecule has 3 heteroatoms. The average molecular weight is 347 g/mol. The van der Waals surface area contributed by atoms with Crippen molar-refractivity contribution in [3.8, 4) is 0 Å². The van der Waals surface area contributed by atoms with Crippen LogP contribution in [0.1, 0.15) is 19.3 Å². The van der Waals surface area contributed by atoms with E-state index in [9.17, 15) is 4.79 Å². The van der Waals surface area contributed by atoms with Gasteiger partial charge in [0.25, 0.3) is 0 Å². The molecule has 20 heavy (non-hydrogen) atoms. The van der Waals surface area contributed by atoms with Gasteiger partial charge in [-0.05, 0) is 0 Å². The summed E-state index contributed by atoms with van der Waals surface area (Å²) in [5, 5.41) is 2.60. The molecule has 0 N–H and O–H groups in total. The molecule has 1 nitrogen and oxygen atoms in total. The zero-order valence-corrected chi connectivity index (χ0v) is 13.8. The van der Waals surface area contributed by atoms with Gasteiger partial charge in [-0.25, -0.2) is 0 Å². The minimum absolute atomic E-state index is 0.160. The second-order valence-electron chi connectivity index (χ2n) is 5.20. The molecule has 0 saturated heterocycles. The van der Waals surface area contributed by atoms with Crippen LogP contribution in [-0.4, -0.2) is 26.5 Å². The van der Waals surface area contributed by atoms with Crippen LogP contribution in [0, 0.1) is 0 Å². The molecule has 1 unspecified atom stereocenters. The molecule has 0 radical (unpaired) electrons. The van der Waals surface area contributed by atoms with Gasteiger partial charge in [0, 0.05) is 0 Å². The normalized spacial score (nSPS) is 19.2. The van der Waals surface area contributed by atoms with E-state index in [2.05, 4.69) is 63.6 Å². The Morgan fingerprint density at radius 1 is 0.900 bits per heavy atom. The molecule has 102 valence electrons. The molecule has 1 fully saturated rings. The predicted molar refractivity (Wildman–Crippen MR) is 87.5 cm³/mol. The van der Waals surface area contributed by atoms with E-state index >= 15 is 0 Å². The fourth-order valence-electron chi connectivity index (χ4n) is 2.99. The van der Waals surface area contributed by atoms with Crippen molar-refractivity contribution < 1.29 is 4.79 Å². The van der Waals surface area contributed by atoms with Crippen molar-refractivity contribution in [1.82, 2.24) is 0 Å². The number of Topliss-reactive ketones (excluding diaryl/α,β-unsaturated/α-hetero) is 1. The third-order valence-electron chi connectivity index (χ3n) is 3.99. The topological polar surface area (TPSA) is 17.1 Å². The van der Waals surface area contributed by atoms with E-state index in [0.717, 1.165) is 19.3 Å². The van der Waals surface area contributed by atoms with E-state index in [1.54, 1.807) is 0 Å². The van der Waals surface area contributed by atoms with Crippen LogP contribution in [0.3, 0.4) is 0 Å². The Hall–Kier alpha value is -0.941. The van der Waals surface area contributed by atoms with Crippen molar-refractivity contribution in [2.45, 2.75) is 24.9 Å². The monoisotopic (exact) mass is 348 g/mol. The number of carbonyl (C=O) groups excluding carboxylic acids is 1. The van der Waals surface area contributed by atoms with Crippen molar-refractivity contribution >= 4 is 37.0 Å². The number of hydrogen-bond acceptors (Lipinski definition) is 1. The van der Waals surface area contributed by atoms with Crippen LogP contribution >= 0.6 is 5.51 Å². The molecule has 3 rings (SSSR count). The first-order valence-corrected chi connectivity index (χ1v) is 11.0. The molecular weight excluding hydrogens is 330 g/mol. The first-order chi connectivity index (χ1) is 9.73. The van der Waals surface area contributed by atoms with Crippen molar-refractivity contribution in [3.63, 3.8) is 0 Å². The summed E-state index contributed by atoms with van der Waals surface area (Å²) in [4.78, 5) is 12.4. The Labute approximate surface area is 127 Å². The first-order valence-electron chi connectivity index (χ1n) is 6.96. The molecule has 0 amide bonds. The molecule has 1 aliphatic carbocycles. The summed E-state index contributed by atoms with van der Waals surface area (Å²) in [7, 11) is 0. The second kappa shape index (κ2) is 5.82. The minimum atomic E-state index is -1.75. The van der Waals surface area contributed by atoms with Crippen LogP contribution in [0.4, 0.5) is 0 Å². The van der Waals surface area contributed by atoms with Gasteiger partial charge >= 0.3 is 127 Å². The van der Waals surface area contributed by atoms with Crippen LogP contribution in [0.5, 0.6) is 0 Å². The van der Waals surface area contributed by atoms with Crippen LogP contribution in [0.25, 0.3) is 0 Å². The van der Waals surface area contributed by atoms with E-state index in [0.29, 0.717) is 5.78 Å². The molecule has 0 spiro atoms. The van der Waals surface area contributed by atoms with Gasteiger partial charge in [-0.15, -0.1) is 0 Å². The Morgan fingerprint density at radius 2 is 1.40 bits per heavy atom. The van der Waals surface area contributed by atoms with E-state index in [4.69, 9.17) is 0 Å². The summed E-state index contributed by atoms with van der Waals surface area (Å²) in [6, 6.07) is 21.0. The summed E-state index contributed by atoms with van der Waals surface area (Å²) >= 11 is 3.49. The Kier molecular flexibility index (Phi) is 4.08. The van der Waals surface area contributed by atoms with E-state index < -0.39 is 5.51 Å². The molecule has 0 aliphatic heterocycles. The van der Waals surface area contributed by atoms with Gasteiger partial charge in [-0.2, -0.15) is 0 Å². The van der Waals surface area contributed by atoms with Gasteiger partial charge in [0.15, 0.2) is 0 Å². The standard InChI is InChI=1S/C17H17OPSe/c18-16-12-7-13-17(16)19(20,14-8-3-1-4-9-14)15-10-5-2-6-11-15/h1-6,8-11,17H,7,12-13H2. The third-order valence-corrected chi connectivity index (χ3v) is 11.8. The summed E-state index contributed by atoms with van der Waals surface area (Å²) < 4.78 is 0. The van der Waals surface area contributed by atoms with Crippen molar-refractivity contribution in [1.29, 1.82) is 0 Å².